The monoisotopic (exact) mass is 470 g/mol. The number of hydrogen-bond acceptors (Lipinski definition) is 7. The molecule has 176 valence electrons. The van der Waals surface area contributed by atoms with Crippen molar-refractivity contribution >= 4 is 17.9 Å². The summed E-state index contributed by atoms with van der Waals surface area (Å²) in [6.07, 6.45) is -13.1. The van der Waals surface area contributed by atoms with Crippen molar-refractivity contribution in [1.29, 1.82) is 0 Å². The number of halogens is 4. The number of esters is 3. The van der Waals surface area contributed by atoms with Crippen molar-refractivity contribution in [2.45, 2.75) is 37.3 Å². The molecule has 0 saturated carbocycles. The van der Waals surface area contributed by atoms with Crippen LogP contribution in [0.1, 0.15) is 27.6 Å². The number of carbonyl (C=O) groups is 3. The van der Waals surface area contributed by atoms with Gasteiger partial charge in [-0.15, -0.1) is 0 Å². The predicted molar refractivity (Wildman–Crippen MR) is 103 cm³/mol. The lowest BCUT2D eigenvalue weighted by atomic mass is 9.95. The highest BCUT2D eigenvalue weighted by Gasteiger charge is 2.73. The minimum Gasteiger partial charge on any atom is -0.458 e. The van der Waals surface area contributed by atoms with E-state index in [9.17, 15) is 27.6 Å². The molecule has 33 heavy (non-hydrogen) atoms. The first-order chi connectivity index (χ1) is 15.5. The Hall–Kier alpha value is -3.47. The first-order valence-electron chi connectivity index (χ1n) is 9.59. The molecule has 1 aliphatic rings. The van der Waals surface area contributed by atoms with E-state index in [0.717, 1.165) is 6.92 Å². The van der Waals surface area contributed by atoms with Crippen LogP contribution in [0.15, 0.2) is 60.7 Å². The number of rotatable bonds is 6. The lowest BCUT2D eigenvalue weighted by molar-refractivity contribution is -0.315. The average molecular weight is 470 g/mol. The topological polar surface area (TPSA) is 88.1 Å². The molecule has 2 aromatic carbocycles. The predicted octanol–water partition coefficient (Wildman–Crippen LogP) is 3.63. The quantitative estimate of drug-likeness (QED) is 0.362. The Morgan fingerprint density at radius 1 is 0.909 bits per heavy atom. The normalized spacial score (nSPS) is 24.7. The summed E-state index contributed by atoms with van der Waals surface area (Å²) in [7, 11) is 0. The Morgan fingerprint density at radius 2 is 1.42 bits per heavy atom. The Morgan fingerprint density at radius 3 is 1.91 bits per heavy atom. The maximum Gasteiger partial charge on any atom is 0.424 e. The summed E-state index contributed by atoms with van der Waals surface area (Å²) in [5.41, 5.74) is -3.86. The minimum atomic E-state index is -5.40. The first kappa shape index (κ1) is 24.2. The molecule has 4 atom stereocenters. The molecular formula is C22H18F4O7. The summed E-state index contributed by atoms with van der Waals surface area (Å²) in [5, 5.41) is 0. The maximum atomic E-state index is 15.0. The van der Waals surface area contributed by atoms with Gasteiger partial charge in [0.05, 0.1) is 11.1 Å². The fraction of sp³-hybridized carbons (Fsp3) is 0.318. The van der Waals surface area contributed by atoms with Crippen molar-refractivity contribution in [2.75, 3.05) is 6.61 Å². The number of hydrogen-bond donors (Lipinski definition) is 0. The van der Waals surface area contributed by atoms with E-state index in [-0.39, 0.29) is 11.1 Å². The molecule has 2 aromatic rings. The highest BCUT2D eigenvalue weighted by Crippen LogP contribution is 2.47. The number of benzene rings is 2. The molecule has 0 radical (unpaired) electrons. The molecular weight excluding hydrogens is 452 g/mol. The maximum absolute atomic E-state index is 15.0. The van der Waals surface area contributed by atoms with Gasteiger partial charge in [0, 0.05) is 6.92 Å². The van der Waals surface area contributed by atoms with Gasteiger partial charge in [-0.2, -0.15) is 13.2 Å². The second kappa shape index (κ2) is 9.57. The zero-order chi connectivity index (χ0) is 24.2. The molecule has 1 unspecified atom stereocenters. The smallest absolute Gasteiger partial charge is 0.424 e. The minimum absolute atomic E-state index is 0.0704. The van der Waals surface area contributed by atoms with E-state index < -0.39 is 54.9 Å². The van der Waals surface area contributed by atoms with E-state index in [1.807, 2.05) is 0 Å². The molecule has 0 N–H and O–H groups in total. The zero-order valence-electron chi connectivity index (χ0n) is 17.1. The van der Waals surface area contributed by atoms with Gasteiger partial charge in [-0.1, -0.05) is 36.4 Å². The van der Waals surface area contributed by atoms with Crippen LogP contribution < -0.4 is 0 Å². The fourth-order valence-corrected chi connectivity index (χ4v) is 3.17. The van der Waals surface area contributed by atoms with Gasteiger partial charge in [0.1, 0.15) is 6.61 Å². The lowest BCUT2D eigenvalue weighted by Gasteiger charge is -2.34. The van der Waals surface area contributed by atoms with E-state index in [2.05, 4.69) is 4.74 Å². The van der Waals surface area contributed by atoms with Crippen LogP contribution in [0.2, 0.25) is 0 Å². The zero-order valence-corrected chi connectivity index (χ0v) is 17.1. The SMILES string of the molecule is CC(=O)OC1O[C@@](COC(=O)c2ccccc2)(C(F)(F)F)[C@@H](OC(=O)c2ccccc2)[C@H]1F. The summed E-state index contributed by atoms with van der Waals surface area (Å²) in [6, 6.07) is 14.0. The average Bonchev–Trinajstić information content (AvgIpc) is 3.04. The van der Waals surface area contributed by atoms with Gasteiger partial charge in [0.25, 0.3) is 0 Å². The molecule has 0 spiro atoms. The summed E-state index contributed by atoms with van der Waals surface area (Å²) >= 11 is 0. The van der Waals surface area contributed by atoms with Gasteiger partial charge in [0.2, 0.25) is 18.1 Å². The van der Waals surface area contributed by atoms with Gasteiger partial charge in [-0.25, -0.2) is 14.0 Å². The van der Waals surface area contributed by atoms with Gasteiger partial charge in [0.15, 0.2) is 6.10 Å². The van der Waals surface area contributed by atoms with Crippen LogP contribution in [0, 0.1) is 0 Å². The fourth-order valence-electron chi connectivity index (χ4n) is 3.17. The molecule has 3 rings (SSSR count). The van der Waals surface area contributed by atoms with Crippen LogP contribution in [-0.4, -0.2) is 54.9 Å². The van der Waals surface area contributed by atoms with Crippen molar-refractivity contribution in [3.05, 3.63) is 71.8 Å². The van der Waals surface area contributed by atoms with Crippen LogP contribution in [0.25, 0.3) is 0 Å². The van der Waals surface area contributed by atoms with Crippen molar-refractivity contribution in [3.63, 3.8) is 0 Å². The van der Waals surface area contributed by atoms with Gasteiger partial charge >= 0.3 is 24.1 Å². The summed E-state index contributed by atoms with van der Waals surface area (Å²) < 4.78 is 76.7. The first-order valence-corrected chi connectivity index (χ1v) is 9.59. The van der Waals surface area contributed by atoms with Crippen LogP contribution in [0.5, 0.6) is 0 Å². The van der Waals surface area contributed by atoms with E-state index >= 15 is 4.39 Å². The molecule has 1 aliphatic heterocycles. The van der Waals surface area contributed by atoms with Gasteiger partial charge in [-0.05, 0) is 24.3 Å². The molecule has 1 saturated heterocycles. The molecule has 0 aliphatic carbocycles. The molecule has 11 heteroatoms. The Balaban J connectivity index is 1.94. The van der Waals surface area contributed by atoms with Crippen LogP contribution >= 0.6 is 0 Å². The van der Waals surface area contributed by atoms with E-state index in [1.165, 1.54) is 48.5 Å². The second-order valence-electron chi connectivity index (χ2n) is 7.06. The third kappa shape index (κ3) is 5.14. The largest absolute Gasteiger partial charge is 0.458 e. The number of ether oxygens (including phenoxy) is 4. The van der Waals surface area contributed by atoms with Crippen molar-refractivity contribution in [1.82, 2.24) is 0 Å². The lowest BCUT2D eigenvalue weighted by Crippen LogP contribution is -2.59. The third-order valence-electron chi connectivity index (χ3n) is 4.77. The van der Waals surface area contributed by atoms with E-state index in [4.69, 9.17) is 14.2 Å². The standard InChI is InChI=1S/C22H18F4O7/c1-13(27)31-20-16(23)17(32-19(29)15-10-6-3-7-11-15)21(33-20,22(24,25)26)12-30-18(28)14-8-4-2-5-9-14/h2-11,16-17,20H,12H2,1H3/t16-,17+,20?,21-/m1/s1. The highest BCUT2D eigenvalue weighted by molar-refractivity contribution is 5.90. The van der Waals surface area contributed by atoms with Crippen molar-refractivity contribution in [3.8, 4) is 0 Å². The third-order valence-corrected chi connectivity index (χ3v) is 4.77. The summed E-state index contributed by atoms with van der Waals surface area (Å²) in [6.45, 7) is -0.723. The molecule has 0 aromatic heterocycles. The van der Waals surface area contributed by atoms with Crippen molar-refractivity contribution < 1.29 is 50.9 Å². The Labute approximate surface area is 185 Å². The van der Waals surface area contributed by atoms with Gasteiger partial charge in [-0.3, -0.25) is 4.79 Å². The Kier molecular flexibility index (Phi) is 7.01. The molecule has 1 heterocycles. The molecule has 7 nitrogen and oxygen atoms in total. The van der Waals surface area contributed by atoms with Crippen molar-refractivity contribution in [2.24, 2.45) is 0 Å². The molecule has 1 fully saturated rings. The van der Waals surface area contributed by atoms with Gasteiger partial charge < -0.3 is 18.9 Å². The molecule has 0 amide bonds. The van der Waals surface area contributed by atoms with Crippen LogP contribution in [-0.2, 0) is 23.7 Å². The highest BCUT2D eigenvalue weighted by atomic mass is 19.4. The number of carbonyl (C=O) groups excluding carboxylic acids is 3. The van der Waals surface area contributed by atoms with E-state index in [1.54, 1.807) is 12.1 Å². The number of alkyl halides is 4. The summed E-state index contributed by atoms with van der Waals surface area (Å²) in [4.78, 5) is 35.9. The van der Waals surface area contributed by atoms with E-state index in [0.29, 0.717) is 0 Å². The van der Waals surface area contributed by atoms with Crippen LogP contribution in [0.3, 0.4) is 0 Å². The Bertz CT molecular complexity index is 997. The summed E-state index contributed by atoms with van der Waals surface area (Å²) in [5.74, 6) is -3.56. The second-order valence-corrected chi connectivity index (χ2v) is 7.06. The van der Waals surface area contributed by atoms with Crippen LogP contribution in [0.4, 0.5) is 17.6 Å². The molecule has 0 bridgehead atoms.